The molecule has 1 aromatic carbocycles. The highest BCUT2D eigenvalue weighted by Gasteiger charge is 2.29. The number of aryl methyl sites for hydroxylation is 1. The van der Waals surface area contributed by atoms with Crippen molar-refractivity contribution in [3.05, 3.63) is 53.9 Å². The van der Waals surface area contributed by atoms with Crippen LogP contribution in [0.15, 0.2) is 42.6 Å². The van der Waals surface area contributed by atoms with Crippen molar-refractivity contribution < 1.29 is 4.79 Å². The molecule has 24 heavy (non-hydrogen) atoms. The van der Waals surface area contributed by atoms with E-state index >= 15 is 0 Å². The fourth-order valence-corrected chi connectivity index (χ4v) is 3.03. The van der Waals surface area contributed by atoms with Gasteiger partial charge in [-0.05, 0) is 38.7 Å². The molecule has 0 spiro atoms. The molecule has 0 aliphatic heterocycles. The highest BCUT2D eigenvalue weighted by molar-refractivity contribution is 6.00. The SMILES string of the molecule is Cc1cc(-c2ccccc2)nc2c(C(=O)N[C@@H](C)C3CC3)cnn12. The van der Waals surface area contributed by atoms with Gasteiger partial charge in [-0.15, -0.1) is 0 Å². The van der Waals surface area contributed by atoms with E-state index in [1.807, 2.05) is 43.3 Å². The van der Waals surface area contributed by atoms with Gasteiger partial charge in [-0.3, -0.25) is 4.79 Å². The molecule has 1 atom stereocenters. The predicted molar refractivity (Wildman–Crippen MR) is 92.8 cm³/mol. The smallest absolute Gasteiger partial charge is 0.256 e. The minimum atomic E-state index is -0.0958. The van der Waals surface area contributed by atoms with Gasteiger partial charge >= 0.3 is 0 Å². The van der Waals surface area contributed by atoms with Crippen LogP contribution < -0.4 is 5.32 Å². The zero-order chi connectivity index (χ0) is 16.7. The maximum Gasteiger partial charge on any atom is 0.256 e. The quantitative estimate of drug-likeness (QED) is 0.803. The zero-order valence-corrected chi connectivity index (χ0v) is 13.9. The predicted octanol–water partition coefficient (Wildman–Crippen LogP) is 3.23. The third kappa shape index (κ3) is 2.66. The molecular formula is C19H20N4O. The fraction of sp³-hybridized carbons (Fsp3) is 0.316. The van der Waals surface area contributed by atoms with Gasteiger partial charge < -0.3 is 5.32 Å². The highest BCUT2D eigenvalue weighted by atomic mass is 16.1. The van der Waals surface area contributed by atoms with Crippen LogP contribution >= 0.6 is 0 Å². The molecule has 122 valence electrons. The summed E-state index contributed by atoms with van der Waals surface area (Å²) in [6.45, 7) is 4.04. The molecule has 1 amide bonds. The van der Waals surface area contributed by atoms with Crippen molar-refractivity contribution in [1.82, 2.24) is 19.9 Å². The van der Waals surface area contributed by atoms with Crippen molar-refractivity contribution in [3.63, 3.8) is 0 Å². The van der Waals surface area contributed by atoms with Gasteiger partial charge in [-0.1, -0.05) is 30.3 Å². The molecule has 5 nitrogen and oxygen atoms in total. The maximum absolute atomic E-state index is 12.6. The molecule has 2 heterocycles. The van der Waals surface area contributed by atoms with Gasteiger partial charge in [0.05, 0.1) is 11.9 Å². The van der Waals surface area contributed by atoms with Gasteiger partial charge in [0.2, 0.25) is 0 Å². The van der Waals surface area contributed by atoms with Gasteiger partial charge in [-0.25, -0.2) is 9.50 Å². The molecule has 0 bridgehead atoms. The second-order valence-electron chi connectivity index (χ2n) is 6.54. The van der Waals surface area contributed by atoms with Crippen molar-refractivity contribution in [1.29, 1.82) is 0 Å². The number of hydrogen-bond donors (Lipinski definition) is 1. The molecular weight excluding hydrogens is 300 g/mol. The van der Waals surface area contributed by atoms with Crippen LogP contribution in [0, 0.1) is 12.8 Å². The summed E-state index contributed by atoms with van der Waals surface area (Å²) in [5, 5.41) is 7.42. The summed E-state index contributed by atoms with van der Waals surface area (Å²) in [7, 11) is 0. The molecule has 0 unspecified atom stereocenters. The average Bonchev–Trinajstić information content (AvgIpc) is 3.35. The van der Waals surface area contributed by atoms with E-state index in [9.17, 15) is 4.79 Å². The molecule has 1 saturated carbocycles. The number of carbonyl (C=O) groups is 1. The first kappa shape index (κ1) is 14.9. The normalized spacial score (nSPS) is 15.4. The third-order valence-corrected chi connectivity index (χ3v) is 4.65. The van der Waals surface area contributed by atoms with Crippen LogP contribution in [-0.4, -0.2) is 26.5 Å². The van der Waals surface area contributed by atoms with Crippen LogP contribution in [-0.2, 0) is 0 Å². The van der Waals surface area contributed by atoms with Crippen molar-refractivity contribution in [2.24, 2.45) is 5.92 Å². The first-order valence-corrected chi connectivity index (χ1v) is 8.35. The Hall–Kier alpha value is -2.69. The molecule has 5 heteroatoms. The monoisotopic (exact) mass is 320 g/mol. The van der Waals surface area contributed by atoms with E-state index < -0.39 is 0 Å². The summed E-state index contributed by atoms with van der Waals surface area (Å²) in [4.78, 5) is 17.3. The van der Waals surface area contributed by atoms with Gasteiger partial charge in [0.1, 0.15) is 5.56 Å². The number of rotatable bonds is 4. The first-order chi connectivity index (χ1) is 11.6. The Morgan fingerprint density at radius 3 is 2.75 bits per heavy atom. The number of aromatic nitrogens is 3. The summed E-state index contributed by atoms with van der Waals surface area (Å²) >= 11 is 0. The number of fused-ring (bicyclic) bond motifs is 1. The van der Waals surface area contributed by atoms with Crippen LogP contribution in [0.5, 0.6) is 0 Å². The third-order valence-electron chi connectivity index (χ3n) is 4.65. The van der Waals surface area contributed by atoms with Gasteiger partial charge in [0, 0.05) is 17.3 Å². The molecule has 1 N–H and O–H groups in total. The Bertz CT molecular complexity index is 896. The van der Waals surface area contributed by atoms with E-state index in [1.54, 1.807) is 10.7 Å². The van der Waals surface area contributed by atoms with Crippen molar-refractivity contribution >= 4 is 11.6 Å². The summed E-state index contributed by atoms with van der Waals surface area (Å²) in [6, 6.07) is 12.2. The molecule has 0 saturated heterocycles. The molecule has 3 aromatic rings. The maximum atomic E-state index is 12.6. The lowest BCUT2D eigenvalue weighted by Gasteiger charge is -2.12. The Labute approximate surface area is 140 Å². The lowest BCUT2D eigenvalue weighted by Crippen LogP contribution is -2.34. The summed E-state index contributed by atoms with van der Waals surface area (Å²) in [6.07, 6.45) is 4.01. The van der Waals surface area contributed by atoms with E-state index in [2.05, 4.69) is 17.3 Å². The molecule has 1 aliphatic carbocycles. The standard InChI is InChI=1S/C19H20N4O/c1-12-10-17(15-6-4-3-5-7-15)22-18-16(11-20-23(12)18)19(24)21-13(2)14-8-9-14/h3-7,10-11,13-14H,8-9H2,1-2H3,(H,21,24)/t13-/m0/s1. The molecule has 1 fully saturated rings. The fourth-order valence-electron chi connectivity index (χ4n) is 3.03. The topological polar surface area (TPSA) is 59.3 Å². The second-order valence-corrected chi connectivity index (χ2v) is 6.54. The number of carbonyl (C=O) groups excluding carboxylic acids is 1. The summed E-state index contributed by atoms with van der Waals surface area (Å²) < 4.78 is 1.73. The van der Waals surface area contributed by atoms with Crippen LogP contribution in [0.1, 0.15) is 35.8 Å². The van der Waals surface area contributed by atoms with Crippen LogP contribution in [0.25, 0.3) is 16.9 Å². The number of amides is 1. The van der Waals surface area contributed by atoms with Gasteiger partial charge in [0.15, 0.2) is 5.65 Å². The summed E-state index contributed by atoms with van der Waals surface area (Å²) in [5.74, 6) is 0.520. The van der Waals surface area contributed by atoms with Crippen LogP contribution in [0.3, 0.4) is 0 Å². The van der Waals surface area contributed by atoms with Crippen molar-refractivity contribution in [2.45, 2.75) is 32.7 Å². The Morgan fingerprint density at radius 1 is 1.29 bits per heavy atom. The number of benzene rings is 1. The van der Waals surface area contributed by atoms with E-state index in [4.69, 9.17) is 4.98 Å². The average molecular weight is 320 g/mol. The zero-order valence-electron chi connectivity index (χ0n) is 13.9. The van der Waals surface area contributed by atoms with E-state index in [-0.39, 0.29) is 11.9 Å². The van der Waals surface area contributed by atoms with Crippen molar-refractivity contribution in [3.8, 4) is 11.3 Å². The molecule has 4 rings (SSSR count). The van der Waals surface area contributed by atoms with E-state index in [0.29, 0.717) is 17.1 Å². The largest absolute Gasteiger partial charge is 0.349 e. The Morgan fingerprint density at radius 2 is 2.04 bits per heavy atom. The van der Waals surface area contributed by atoms with Gasteiger partial charge in [-0.2, -0.15) is 5.10 Å². The van der Waals surface area contributed by atoms with Crippen molar-refractivity contribution in [2.75, 3.05) is 0 Å². The van der Waals surface area contributed by atoms with E-state index in [1.165, 1.54) is 12.8 Å². The van der Waals surface area contributed by atoms with Gasteiger partial charge in [0.25, 0.3) is 5.91 Å². The van der Waals surface area contributed by atoms with E-state index in [0.717, 1.165) is 17.0 Å². The Balaban J connectivity index is 1.74. The Kier molecular flexibility index (Phi) is 3.56. The lowest BCUT2D eigenvalue weighted by atomic mass is 10.1. The minimum absolute atomic E-state index is 0.0958. The van der Waals surface area contributed by atoms with Crippen LogP contribution in [0.4, 0.5) is 0 Å². The van der Waals surface area contributed by atoms with Crippen LogP contribution in [0.2, 0.25) is 0 Å². The number of nitrogens with one attached hydrogen (secondary N) is 1. The molecule has 2 aromatic heterocycles. The minimum Gasteiger partial charge on any atom is -0.349 e. The number of hydrogen-bond acceptors (Lipinski definition) is 3. The molecule has 1 aliphatic rings. The first-order valence-electron chi connectivity index (χ1n) is 8.35. The summed E-state index contributed by atoms with van der Waals surface area (Å²) in [5.41, 5.74) is 3.97. The molecule has 0 radical (unpaired) electrons. The number of nitrogens with zero attached hydrogens (tertiary/aromatic N) is 3. The highest BCUT2D eigenvalue weighted by Crippen LogP contribution is 2.32. The second kappa shape index (κ2) is 5.74. The lowest BCUT2D eigenvalue weighted by molar-refractivity contribution is 0.0937.